The van der Waals surface area contributed by atoms with Gasteiger partial charge in [-0.15, -0.1) is 0 Å². The summed E-state index contributed by atoms with van der Waals surface area (Å²) in [4.78, 5) is 22.1. The molecule has 1 aromatic rings. The number of fused-ring (bicyclic) bond motifs is 1. The van der Waals surface area contributed by atoms with Crippen molar-refractivity contribution in [1.82, 2.24) is 0 Å². The zero-order valence-corrected chi connectivity index (χ0v) is 10.5. The normalized spacial score (nSPS) is 14.3. The van der Waals surface area contributed by atoms with Crippen LogP contribution in [0.25, 0.3) is 12.2 Å². The highest BCUT2D eigenvalue weighted by Crippen LogP contribution is 2.37. The Balaban J connectivity index is 2.69. The summed E-state index contributed by atoms with van der Waals surface area (Å²) in [6, 6.07) is 0. The van der Waals surface area contributed by atoms with Gasteiger partial charge in [0.2, 0.25) is 0 Å². The highest BCUT2D eigenvalue weighted by molar-refractivity contribution is 8.08. The van der Waals surface area contributed by atoms with Gasteiger partial charge in [0, 0.05) is 11.1 Å². The number of aryl methyl sites for hydroxylation is 2. The van der Waals surface area contributed by atoms with Gasteiger partial charge in [0.1, 0.15) is 11.5 Å². The largest absolute Gasteiger partial charge is 0.477 e. The molecule has 0 unspecified atom stereocenters. The number of rotatable bonds is 2. The van der Waals surface area contributed by atoms with Gasteiger partial charge in [-0.25, -0.2) is 9.59 Å². The second kappa shape index (κ2) is 4.38. The Morgan fingerprint density at radius 3 is 1.72 bits per heavy atom. The average molecular weight is 266 g/mol. The molecule has 0 aromatic carbocycles. The van der Waals surface area contributed by atoms with Crippen molar-refractivity contribution < 1.29 is 24.2 Å². The maximum atomic E-state index is 11.1. The van der Waals surface area contributed by atoms with E-state index in [0.29, 0.717) is 22.6 Å². The fourth-order valence-corrected chi connectivity index (χ4v) is 2.49. The van der Waals surface area contributed by atoms with Crippen LogP contribution in [0, 0.1) is 13.8 Å². The molecule has 2 rings (SSSR count). The standard InChI is InChI=1S/C12H10O5S/c1-5-7-3-9(11(13)14)18-10(12(15)16)4-8(7)6(2)17-5/h3-4H,1-2H3,(H,13,14)(H,15,16). The monoisotopic (exact) mass is 266 g/mol. The molecule has 0 saturated carbocycles. The second-order valence-electron chi connectivity index (χ2n) is 3.77. The van der Waals surface area contributed by atoms with Gasteiger partial charge in [0.15, 0.2) is 0 Å². The fraction of sp³-hybridized carbons (Fsp3) is 0.167. The Kier molecular flexibility index (Phi) is 3.04. The molecule has 0 saturated heterocycles. The van der Waals surface area contributed by atoms with Crippen LogP contribution >= 0.6 is 11.8 Å². The first-order chi connectivity index (χ1) is 8.40. The van der Waals surface area contributed by atoms with Crippen LogP contribution in [0.4, 0.5) is 0 Å². The summed E-state index contributed by atoms with van der Waals surface area (Å²) < 4.78 is 5.39. The number of carbonyl (C=O) groups is 2. The topological polar surface area (TPSA) is 87.7 Å². The van der Waals surface area contributed by atoms with Crippen molar-refractivity contribution in [3.8, 4) is 0 Å². The molecule has 2 heterocycles. The van der Waals surface area contributed by atoms with E-state index in [-0.39, 0.29) is 9.81 Å². The van der Waals surface area contributed by atoms with Gasteiger partial charge in [0.05, 0.1) is 9.81 Å². The molecule has 0 aliphatic carbocycles. The van der Waals surface area contributed by atoms with Gasteiger partial charge < -0.3 is 14.6 Å². The molecule has 0 amide bonds. The second-order valence-corrected chi connectivity index (χ2v) is 4.86. The SMILES string of the molecule is Cc1oc(C)c2c1C=C(C(=O)O)SC(C(=O)O)=C2. The number of aliphatic carboxylic acids is 2. The van der Waals surface area contributed by atoms with E-state index in [1.807, 2.05) is 0 Å². The van der Waals surface area contributed by atoms with Crippen molar-refractivity contribution in [1.29, 1.82) is 0 Å². The first kappa shape index (κ1) is 12.5. The van der Waals surface area contributed by atoms with Crippen molar-refractivity contribution in [2.45, 2.75) is 13.8 Å². The van der Waals surface area contributed by atoms with Crippen LogP contribution in [0.3, 0.4) is 0 Å². The number of hydrogen-bond donors (Lipinski definition) is 2. The minimum atomic E-state index is -1.15. The van der Waals surface area contributed by atoms with Crippen LogP contribution in [0.15, 0.2) is 14.2 Å². The van der Waals surface area contributed by atoms with E-state index < -0.39 is 11.9 Å². The molecule has 18 heavy (non-hydrogen) atoms. The summed E-state index contributed by atoms with van der Waals surface area (Å²) in [5.74, 6) is -1.16. The zero-order chi connectivity index (χ0) is 13.4. The van der Waals surface area contributed by atoms with E-state index in [4.69, 9.17) is 14.6 Å². The zero-order valence-electron chi connectivity index (χ0n) is 9.68. The molecule has 5 nitrogen and oxygen atoms in total. The maximum absolute atomic E-state index is 11.1. The highest BCUT2D eigenvalue weighted by atomic mass is 32.2. The van der Waals surface area contributed by atoms with Crippen molar-refractivity contribution in [2.24, 2.45) is 0 Å². The predicted molar refractivity (Wildman–Crippen MR) is 67.0 cm³/mol. The molecule has 6 heteroatoms. The Bertz CT molecular complexity index is 556. The minimum Gasteiger partial charge on any atom is -0.477 e. The van der Waals surface area contributed by atoms with Crippen LogP contribution in [0.2, 0.25) is 0 Å². The lowest BCUT2D eigenvalue weighted by Gasteiger charge is -2.00. The summed E-state index contributed by atoms with van der Waals surface area (Å²) in [5, 5.41) is 18.1. The van der Waals surface area contributed by atoms with Crippen LogP contribution in [0.5, 0.6) is 0 Å². The van der Waals surface area contributed by atoms with Gasteiger partial charge >= 0.3 is 11.9 Å². The van der Waals surface area contributed by atoms with Gasteiger partial charge in [-0.1, -0.05) is 11.8 Å². The lowest BCUT2D eigenvalue weighted by molar-refractivity contribution is -0.132. The van der Waals surface area contributed by atoms with Crippen molar-refractivity contribution in [2.75, 3.05) is 0 Å². The van der Waals surface area contributed by atoms with E-state index in [1.165, 1.54) is 12.2 Å². The van der Waals surface area contributed by atoms with Crippen molar-refractivity contribution in [3.05, 3.63) is 32.5 Å². The number of thioether (sulfide) groups is 1. The number of carboxylic acid groups (broad SMARTS) is 2. The van der Waals surface area contributed by atoms with Crippen LogP contribution < -0.4 is 0 Å². The lowest BCUT2D eigenvalue weighted by Crippen LogP contribution is -2.01. The Hall–Kier alpha value is -1.95. The molecule has 0 atom stereocenters. The third kappa shape index (κ3) is 2.06. The van der Waals surface area contributed by atoms with E-state index in [2.05, 4.69) is 0 Å². The summed E-state index contributed by atoms with van der Waals surface area (Å²) in [5.41, 5.74) is 1.24. The predicted octanol–water partition coefficient (Wildman–Crippen LogP) is 2.49. The van der Waals surface area contributed by atoms with Gasteiger partial charge in [-0.2, -0.15) is 0 Å². The summed E-state index contributed by atoms with van der Waals surface area (Å²) >= 11 is 0.729. The summed E-state index contributed by atoms with van der Waals surface area (Å²) in [7, 11) is 0. The molecule has 0 radical (unpaired) electrons. The summed E-state index contributed by atoms with van der Waals surface area (Å²) in [6.07, 6.45) is 2.89. The smallest absolute Gasteiger partial charge is 0.342 e. The molecule has 0 bridgehead atoms. The van der Waals surface area contributed by atoms with E-state index in [0.717, 1.165) is 11.8 Å². The van der Waals surface area contributed by atoms with Crippen LogP contribution in [-0.2, 0) is 9.59 Å². The van der Waals surface area contributed by atoms with Crippen molar-refractivity contribution >= 4 is 35.9 Å². The quantitative estimate of drug-likeness (QED) is 0.855. The number of carboxylic acids is 2. The minimum absolute atomic E-state index is 0.0358. The molecule has 1 aliphatic rings. The van der Waals surface area contributed by atoms with Crippen LogP contribution in [0.1, 0.15) is 22.6 Å². The third-order valence-corrected chi connectivity index (χ3v) is 3.57. The van der Waals surface area contributed by atoms with E-state index in [9.17, 15) is 9.59 Å². The van der Waals surface area contributed by atoms with E-state index in [1.54, 1.807) is 13.8 Å². The fourth-order valence-electron chi connectivity index (χ4n) is 1.73. The first-order valence-corrected chi connectivity index (χ1v) is 5.89. The first-order valence-electron chi connectivity index (χ1n) is 5.08. The molecule has 0 fully saturated rings. The molecule has 0 spiro atoms. The maximum Gasteiger partial charge on any atom is 0.342 e. The Morgan fingerprint density at radius 1 is 1.00 bits per heavy atom. The molecule has 1 aromatic heterocycles. The van der Waals surface area contributed by atoms with E-state index >= 15 is 0 Å². The molecular formula is C12H10O5S. The van der Waals surface area contributed by atoms with Gasteiger partial charge in [-0.3, -0.25) is 0 Å². The third-order valence-electron chi connectivity index (χ3n) is 2.55. The summed E-state index contributed by atoms with van der Waals surface area (Å²) in [6.45, 7) is 3.43. The molecule has 1 aliphatic heterocycles. The molecular weight excluding hydrogens is 256 g/mol. The van der Waals surface area contributed by atoms with Gasteiger partial charge in [0.25, 0.3) is 0 Å². The highest BCUT2D eigenvalue weighted by Gasteiger charge is 2.23. The molecule has 94 valence electrons. The lowest BCUT2D eigenvalue weighted by atomic mass is 10.1. The Labute approximate surface area is 107 Å². The number of hydrogen-bond acceptors (Lipinski definition) is 4. The average Bonchev–Trinajstić information content (AvgIpc) is 2.49. The van der Waals surface area contributed by atoms with Crippen LogP contribution in [-0.4, -0.2) is 22.2 Å². The number of furan rings is 1. The molecule has 2 N–H and O–H groups in total. The van der Waals surface area contributed by atoms with Crippen molar-refractivity contribution in [3.63, 3.8) is 0 Å². The Morgan fingerprint density at radius 2 is 1.39 bits per heavy atom. The van der Waals surface area contributed by atoms with Gasteiger partial charge in [-0.05, 0) is 26.0 Å².